The van der Waals surface area contributed by atoms with E-state index in [1.807, 2.05) is 67.9 Å². The van der Waals surface area contributed by atoms with Crippen LogP contribution < -0.4 is 11.1 Å². The summed E-state index contributed by atoms with van der Waals surface area (Å²) in [6.07, 6.45) is 1.84. The van der Waals surface area contributed by atoms with Crippen LogP contribution in [0.4, 0.5) is 0 Å². The summed E-state index contributed by atoms with van der Waals surface area (Å²) < 4.78 is 0. The first-order valence-electron chi connectivity index (χ1n) is 7.71. The van der Waals surface area contributed by atoms with Gasteiger partial charge in [0.25, 0.3) is 0 Å². The second kappa shape index (κ2) is 8.46. The van der Waals surface area contributed by atoms with E-state index in [0.29, 0.717) is 6.42 Å². The number of nitrogens with one attached hydrogen (secondary N) is 1. The highest BCUT2D eigenvalue weighted by Gasteiger charge is 2.18. The molecule has 121 valence electrons. The van der Waals surface area contributed by atoms with Crippen LogP contribution in [0.5, 0.6) is 0 Å². The average molecular weight is 311 g/mol. The first-order chi connectivity index (χ1) is 11.1. The molecule has 0 fully saturated rings. The van der Waals surface area contributed by atoms with Crippen molar-refractivity contribution in [3.63, 3.8) is 0 Å². The lowest BCUT2D eigenvalue weighted by molar-refractivity contribution is -0.120. The first kappa shape index (κ1) is 17.2. The van der Waals surface area contributed by atoms with Crippen molar-refractivity contribution in [2.75, 3.05) is 6.54 Å². The summed E-state index contributed by atoms with van der Waals surface area (Å²) in [6.45, 7) is 2.23. The van der Waals surface area contributed by atoms with E-state index in [1.54, 1.807) is 0 Å². The number of nitrogens with two attached hydrogens (primary N) is 1. The Kier molecular flexibility index (Phi) is 6.32. The lowest BCUT2D eigenvalue weighted by Gasteiger charge is -2.19. The number of aryl methyl sites for hydroxylation is 1. The van der Waals surface area contributed by atoms with Gasteiger partial charge in [-0.1, -0.05) is 60.2 Å². The summed E-state index contributed by atoms with van der Waals surface area (Å²) in [5, 5.41) is 13.1. The molecule has 0 bridgehead atoms. The number of primary amides is 1. The zero-order valence-electron chi connectivity index (χ0n) is 13.3. The Morgan fingerprint density at radius 1 is 1.22 bits per heavy atom. The van der Waals surface area contributed by atoms with Crippen molar-refractivity contribution in [1.29, 1.82) is 0 Å². The summed E-state index contributed by atoms with van der Waals surface area (Å²) in [5.74, 6) is -0.453. The number of amides is 1. The van der Waals surface area contributed by atoms with Gasteiger partial charge in [0, 0.05) is 6.54 Å². The highest BCUT2D eigenvalue weighted by Crippen LogP contribution is 2.14. The van der Waals surface area contributed by atoms with Gasteiger partial charge in [-0.3, -0.25) is 10.1 Å². The van der Waals surface area contributed by atoms with E-state index < -0.39 is 18.1 Å². The third kappa shape index (κ3) is 5.51. The van der Waals surface area contributed by atoms with E-state index in [1.165, 1.54) is 0 Å². The molecule has 1 amide bonds. The van der Waals surface area contributed by atoms with Gasteiger partial charge in [-0.25, -0.2) is 0 Å². The van der Waals surface area contributed by atoms with Crippen LogP contribution in [-0.4, -0.2) is 23.7 Å². The molecule has 2 aromatic rings. The predicted molar refractivity (Wildman–Crippen MR) is 91.6 cm³/mol. The normalized spacial score (nSPS) is 13.5. The van der Waals surface area contributed by atoms with E-state index in [9.17, 15) is 9.90 Å². The molecule has 2 rings (SSSR count). The summed E-state index contributed by atoms with van der Waals surface area (Å²) in [4.78, 5) is 11.7. The van der Waals surface area contributed by atoms with Gasteiger partial charge >= 0.3 is 0 Å². The molecule has 4 heteroatoms. The molecule has 0 aromatic heterocycles. The Morgan fingerprint density at radius 3 is 2.61 bits per heavy atom. The van der Waals surface area contributed by atoms with Gasteiger partial charge in [0.05, 0.1) is 6.10 Å². The van der Waals surface area contributed by atoms with Gasteiger partial charge < -0.3 is 10.8 Å². The van der Waals surface area contributed by atoms with E-state index in [0.717, 1.165) is 16.7 Å². The number of hydrogen-bond donors (Lipinski definition) is 3. The molecule has 0 spiro atoms. The molecule has 23 heavy (non-hydrogen) atoms. The van der Waals surface area contributed by atoms with Crippen molar-refractivity contribution in [1.82, 2.24) is 5.32 Å². The van der Waals surface area contributed by atoms with Crippen LogP contribution in [0, 0.1) is 13.3 Å². The van der Waals surface area contributed by atoms with Crippen molar-refractivity contribution in [3.8, 4) is 0 Å². The molecule has 0 saturated carbocycles. The van der Waals surface area contributed by atoms with Crippen LogP contribution >= 0.6 is 0 Å². The molecule has 1 radical (unpaired) electrons. The summed E-state index contributed by atoms with van der Waals surface area (Å²) in [7, 11) is 0. The molecule has 0 aliphatic heterocycles. The van der Waals surface area contributed by atoms with Crippen molar-refractivity contribution < 1.29 is 9.90 Å². The maximum atomic E-state index is 11.7. The van der Waals surface area contributed by atoms with Crippen molar-refractivity contribution in [2.24, 2.45) is 5.73 Å². The molecule has 4 nitrogen and oxygen atoms in total. The summed E-state index contributed by atoms with van der Waals surface area (Å²) in [5.41, 5.74) is 8.49. The first-order valence-corrected chi connectivity index (χ1v) is 7.71. The predicted octanol–water partition coefficient (Wildman–Crippen LogP) is 1.92. The highest BCUT2D eigenvalue weighted by molar-refractivity contribution is 5.81. The minimum atomic E-state index is -0.651. The highest BCUT2D eigenvalue weighted by atomic mass is 16.3. The molecule has 2 aromatic carbocycles. The van der Waals surface area contributed by atoms with E-state index >= 15 is 0 Å². The fourth-order valence-corrected chi connectivity index (χ4v) is 2.44. The number of carbonyl (C=O) groups excluding carboxylic acids is 1. The molecule has 0 aliphatic rings. The Balaban J connectivity index is 1.87. The van der Waals surface area contributed by atoms with E-state index in [2.05, 4.69) is 5.32 Å². The minimum absolute atomic E-state index is 0.272. The maximum Gasteiger partial charge on any atom is 0.239 e. The van der Waals surface area contributed by atoms with Crippen LogP contribution in [0.15, 0.2) is 54.6 Å². The number of hydrogen-bond acceptors (Lipinski definition) is 3. The molecule has 2 atom stereocenters. The molecule has 0 saturated heterocycles. The van der Waals surface area contributed by atoms with E-state index in [-0.39, 0.29) is 6.54 Å². The van der Waals surface area contributed by atoms with E-state index in [4.69, 9.17) is 5.73 Å². The molecular weight excluding hydrogens is 288 g/mol. The van der Waals surface area contributed by atoms with Crippen LogP contribution in [-0.2, 0) is 11.2 Å². The molecule has 0 aliphatic carbocycles. The third-order valence-corrected chi connectivity index (χ3v) is 3.66. The second-order valence-corrected chi connectivity index (χ2v) is 5.65. The lowest BCUT2D eigenvalue weighted by atomic mass is 10.0. The average Bonchev–Trinajstić information content (AvgIpc) is 2.54. The largest absolute Gasteiger partial charge is 0.391 e. The van der Waals surface area contributed by atoms with Crippen LogP contribution in [0.1, 0.15) is 22.7 Å². The quantitative estimate of drug-likeness (QED) is 0.697. The van der Waals surface area contributed by atoms with Crippen molar-refractivity contribution in [2.45, 2.75) is 25.5 Å². The molecular formula is C19H23N2O2. The van der Waals surface area contributed by atoms with Gasteiger partial charge in [-0.15, -0.1) is 0 Å². The van der Waals surface area contributed by atoms with Crippen LogP contribution in [0.3, 0.4) is 0 Å². The number of carbonyl (C=O) groups is 1. The zero-order valence-corrected chi connectivity index (χ0v) is 13.3. The SMILES string of the molecule is Cc1cccc([C@H](NC[C@H](O)[CH]Cc2ccccc2)C(N)=O)c1. The van der Waals surface area contributed by atoms with Crippen LogP contribution in [0.2, 0.25) is 0 Å². The molecule has 0 heterocycles. The monoisotopic (exact) mass is 311 g/mol. The fourth-order valence-electron chi connectivity index (χ4n) is 2.44. The maximum absolute atomic E-state index is 11.7. The number of aliphatic hydroxyl groups excluding tert-OH is 1. The zero-order chi connectivity index (χ0) is 16.7. The van der Waals surface area contributed by atoms with Gasteiger partial charge in [0.1, 0.15) is 6.04 Å². The minimum Gasteiger partial charge on any atom is -0.391 e. The summed E-state index contributed by atoms with van der Waals surface area (Å²) >= 11 is 0. The lowest BCUT2D eigenvalue weighted by Crippen LogP contribution is -2.38. The van der Waals surface area contributed by atoms with Crippen LogP contribution in [0.25, 0.3) is 0 Å². The fraction of sp³-hybridized carbons (Fsp3) is 0.263. The topological polar surface area (TPSA) is 75.3 Å². The van der Waals surface area contributed by atoms with Gasteiger partial charge in [-0.2, -0.15) is 0 Å². The van der Waals surface area contributed by atoms with Gasteiger partial charge in [-0.05, 0) is 30.9 Å². The smallest absolute Gasteiger partial charge is 0.239 e. The molecule has 4 N–H and O–H groups in total. The number of benzene rings is 2. The second-order valence-electron chi connectivity index (χ2n) is 5.65. The number of aliphatic hydroxyl groups is 1. The Labute approximate surface area is 137 Å². The van der Waals surface area contributed by atoms with Crippen molar-refractivity contribution >= 4 is 5.91 Å². The Morgan fingerprint density at radius 2 is 1.96 bits per heavy atom. The number of rotatable bonds is 8. The summed E-state index contributed by atoms with van der Waals surface area (Å²) in [6, 6.07) is 16.9. The van der Waals surface area contributed by atoms with Gasteiger partial charge in [0.15, 0.2) is 0 Å². The Hall–Kier alpha value is -2.17. The van der Waals surface area contributed by atoms with Crippen molar-refractivity contribution in [3.05, 3.63) is 77.7 Å². The van der Waals surface area contributed by atoms with Gasteiger partial charge in [0.2, 0.25) is 5.91 Å². The Bertz CT molecular complexity index is 628. The molecule has 0 unspecified atom stereocenters. The standard InChI is InChI=1S/C19H23N2O2/c1-14-6-5-9-16(12-14)18(19(20)23)21-13-17(22)11-10-15-7-3-2-4-8-15/h2-9,11-12,17-18,21-22H,10,13H2,1H3,(H2,20,23)/t17-,18+/m1/s1. The third-order valence-electron chi connectivity index (χ3n) is 3.66.